The maximum Gasteiger partial charge on any atom is 0.325 e. The summed E-state index contributed by atoms with van der Waals surface area (Å²) in [6.45, 7) is 0.116. The number of ether oxygens (including phenoxy) is 1. The van der Waals surface area contributed by atoms with Crippen molar-refractivity contribution in [3.63, 3.8) is 0 Å². The maximum atomic E-state index is 12.1. The van der Waals surface area contributed by atoms with Gasteiger partial charge < -0.3 is 4.74 Å². The highest BCUT2D eigenvalue weighted by molar-refractivity contribution is 6.21. The Morgan fingerprint density at radius 1 is 1.23 bits per heavy atom. The van der Waals surface area contributed by atoms with E-state index in [1.807, 2.05) is 30.3 Å². The highest BCUT2D eigenvalue weighted by atomic mass is 17.2. The van der Waals surface area contributed by atoms with Crippen LogP contribution in [-0.4, -0.2) is 37.4 Å². The molecule has 1 saturated heterocycles. The van der Waals surface area contributed by atoms with Crippen LogP contribution in [0.25, 0.3) is 0 Å². The Hall–Kier alpha value is -2.05. The van der Waals surface area contributed by atoms with Gasteiger partial charge in [0.25, 0.3) is 0 Å². The first kappa shape index (κ1) is 16.3. The lowest BCUT2D eigenvalue weighted by molar-refractivity contribution is -0.274. The van der Waals surface area contributed by atoms with Crippen molar-refractivity contribution in [2.45, 2.75) is 25.4 Å². The molecule has 0 bridgehead atoms. The number of benzene rings is 1. The number of rotatable bonds is 8. The number of carbonyl (C=O) groups is 3. The first-order chi connectivity index (χ1) is 10.6. The molecule has 1 fully saturated rings. The van der Waals surface area contributed by atoms with E-state index in [-0.39, 0.29) is 19.4 Å². The summed E-state index contributed by atoms with van der Waals surface area (Å²) in [4.78, 5) is 45.0. The van der Waals surface area contributed by atoms with Crippen LogP contribution in [0.5, 0.6) is 0 Å². The van der Waals surface area contributed by atoms with Crippen molar-refractivity contribution in [1.82, 2.24) is 0 Å². The van der Waals surface area contributed by atoms with E-state index in [0.29, 0.717) is 6.42 Å². The molecule has 1 aliphatic heterocycles. The number of esters is 1. The molecule has 0 saturated carbocycles. The molecule has 0 amide bonds. The fourth-order valence-corrected chi connectivity index (χ4v) is 2.35. The molecule has 2 unspecified atom stereocenters. The summed E-state index contributed by atoms with van der Waals surface area (Å²) in [6.07, 6.45) is -0.111. The van der Waals surface area contributed by atoms with E-state index in [9.17, 15) is 14.4 Å². The van der Waals surface area contributed by atoms with Crippen molar-refractivity contribution in [2.75, 3.05) is 13.7 Å². The molecular formula is C16H18O6. The molecule has 118 valence electrons. The molecule has 2 atom stereocenters. The second kappa shape index (κ2) is 7.82. The predicted octanol–water partition coefficient (Wildman–Crippen LogP) is 1.27. The van der Waals surface area contributed by atoms with Gasteiger partial charge in [-0.15, -0.1) is 0 Å². The summed E-state index contributed by atoms with van der Waals surface area (Å²) in [5, 5.41) is 0. The minimum absolute atomic E-state index is 0.116. The van der Waals surface area contributed by atoms with Crippen molar-refractivity contribution in [3.8, 4) is 0 Å². The average molecular weight is 306 g/mol. The van der Waals surface area contributed by atoms with Crippen molar-refractivity contribution in [2.24, 2.45) is 5.92 Å². The number of hydrogen-bond donors (Lipinski definition) is 0. The lowest BCUT2D eigenvalue weighted by Gasteiger charge is -2.06. The zero-order valence-electron chi connectivity index (χ0n) is 12.3. The van der Waals surface area contributed by atoms with Crippen LogP contribution in [0.1, 0.15) is 18.4 Å². The summed E-state index contributed by atoms with van der Waals surface area (Å²) in [5.41, 5.74) is 0.986. The van der Waals surface area contributed by atoms with Crippen LogP contribution >= 0.6 is 0 Å². The van der Waals surface area contributed by atoms with E-state index < -0.39 is 29.6 Å². The van der Waals surface area contributed by atoms with Crippen LogP contribution in [0.3, 0.4) is 0 Å². The highest BCUT2D eigenvalue weighted by Crippen LogP contribution is 2.22. The third kappa shape index (κ3) is 3.99. The molecule has 6 heteroatoms. The molecular weight excluding hydrogens is 288 g/mol. The zero-order valence-corrected chi connectivity index (χ0v) is 12.3. The van der Waals surface area contributed by atoms with E-state index in [1.165, 1.54) is 7.11 Å². The molecule has 0 N–H and O–H groups in total. The first-order valence-electron chi connectivity index (χ1n) is 7.10. The maximum absolute atomic E-state index is 12.1. The molecule has 1 heterocycles. The van der Waals surface area contributed by atoms with Crippen LogP contribution in [0, 0.1) is 5.92 Å². The molecule has 0 radical (unpaired) electrons. The third-order valence-corrected chi connectivity index (χ3v) is 3.50. The van der Waals surface area contributed by atoms with Crippen molar-refractivity contribution < 1.29 is 28.9 Å². The van der Waals surface area contributed by atoms with Gasteiger partial charge in [0, 0.05) is 12.8 Å². The van der Waals surface area contributed by atoms with E-state index in [4.69, 9.17) is 4.74 Å². The molecule has 22 heavy (non-hydrogen) atoms. The lowest BCUT2D eigenvalue weighted by Crippen LogP contribution is -2.28. The number of hydrogen-bond acceptors (Lipinski definition) is 6. The first-order valence-corrected chi connectivity index (χ1v) is 7.10. The Morgan fingerprint density at radius 2 is 1.95 bits per heavy atom. The van der Waals surface area contributed by atoms with Gasteiger partial charge in [-0.1, -0.05) is 30.3 Å². The normalized spacial score (nSPS) is 21.0. The fraction of sp³-hybridized carbons (Fsp3) is 0.438. The monoisotopic (exact) mass is 306 g/mol. The Balaban J connectivity index is 1.89. The second-order valence-electron chi connectivity index (χ2n) is 4.99. The quantitative estimate of drug-likeness (QED) is 0.237. The topological polar surface area (TPSA) is 78.9 Å². The highest BCUT2D eigenvalue weighted by Gasteiger charge is 2.46. The molecule has 2 rings (SSSR count). The van der Waals surface area contributed by atoms with E-state index in [2.05, 4.69) is 9.78 Å². The minimum Gasteiger partial charge on any atom is -0.453 e. The molecule has 1 aliphatic rings. The van der Waals surface area contributed by atoms with Crippen LogP contribution in [0.4, 0.5) is 0 Å². The van der Waals surface area contributed by atoms with Crippen molar-refractivity contribution in [1.29, 1.82) is 0 Å². The Bertz CT molecular complexity index is 539. The smallest absolute Gasteiger partial charge is 0.325 e. The lowest BCUT2D eigenvalue weighted by atomic mass is 9.93. The average Bonchev–Trinajstić information content (AvgIpc) is 2.81. The van der Waals surface area contributed by atoms with E-state index in [0.717, 1.165) is 5.56 Å². The van der Waals surface area contributed by atoms with Crippen molar-refractivity contribution in [3.05, 3.63) is 35.9 Å². The Morgan fingerprint density at radius 3 is 2.64 bits per heavy atom. The minimum atomic E-state index is -1.30. The fourth-order valence-electron chi connectivity index (χ4n) is 2.35. The molecule has 1 aromatic rings. The van der Waals surface area contributed by atoms with Gasteiger partial charge in [0.15, 0.2) is 23.6 Å². The van der Waals surface area contributed by atoms with E-state index in [1.54, 1.807) is 0 Å². The van der Waals surface area contributed by atoms with Gasteiger partial charge in [-0.05, 0) is 12.0 Å². The van der Waals surface area contributed by atoms with Gasteiger partial charge in [0.1, 0.15) is 0 Å². The third-order valence-electron chi connectivity index (χ3n) is 3.50. The van der Waals surface area contributed by atoms with Crippen LogP contribution in [0.2, 0.25) is 0 Å². The van der Waals surface area contributed by atoms with Crippen LogP contribution in [-0.2, 0) is 35.3 Å². The Labute approximate surface area is 128 Å². The molecule has 0 aromatic heterocycles. The van der Waals surface area contributed by atoms with Crippen molar-refractivity contribution >= 4 is 17.5 Å². The zero-order chi connectivity index (χ0) is 15.9. The van der Waals surface area contributed by atoms with Gasteiger partial charge in [-0.2, -0.15) is 0 Å². The number of cyclic esters (lactones) is 1. The standard InChI is InChI=1S/C16H18O6/c1-20-21-10-9-13-15(18)14(16(19)22-13)12(17)8-7-11-5-3-2-4-6-11/h2-6,13-14H,7-10H2,1H3. The Kier molecular flexibility index (Phi) is 5.80. The van der Waals surface area contributed by atoms with Gasteiger partial charge in [0.05, 0.1) is 13.7 Å². The van der Waals surface area contributed by atoms with Crippen LogP contribution < -0.4 is 0 Å². The van der Waals surface area contributed by atoms with Crippen LogP contribution in [0.15, 0.2) is 30.3 Å². The largest absolute Gasteiger partial charge is 0.453 e. The number of ketones is 2. The summed E-state index contributed by atoms with van der Waals surface area (Å²) in [6, 6.07) is 9.43. The SMILES string of the molecule is COOCCC1OC(=O)C(C(=O)CCc2ccccc2)C1=O. The van der Waals surface area contributed by atoms with Gasteiger partial charge in [-0.3, -0.25) is 14.4 Å². The second-order valence-corrected chi connectivity index (χ2v) is 4.99. The molecule has 0 spiro atoms. The molecule has 0 aliphatic carbocycles. The number of carbonyl (C=O) groups excluding carboxylic acids is 3. The summed E-state index contributed by atoms with van der Waals surface area (Å²) >= 11 is 0. The van der Waals surface area contributed by atoms with Gasteiger partial charge in [-0.25, -0.2) is 9.78 Å². The molecule has 6 nitrogen and oxygen atoms in total. The molecule has 1 aromatic carbocycles. The predicted molar refractivity (Wildman–Crippen MR) is 75.7 cm³/mol. The number of aryl methyl sites for hydroxylation is 1. The summed E-state index contributed by atoms with van der Waals surface area (Å²) < 4.78 is 4.96. The number of Topliss-reactive ketones (excluding diaryl/α,β-unsaturated/α-hetero) is 2. The summed E-state index contributed by atoms with van der Waals surface area (Å²) in [5.74, 6) is -2.93. The summed E-state index contributed by atoms with van der Waals surface area (Å²) in [7, 11) is 1.35. The van der Waals surface area contributed by atoms with Gasteiger partial charge >= 0.3 is 5.97 Å². The van der Waals surface area contributed by atoms with E-state index >= 15 is 0 Å². The van der Waals surface area contributed by atoms with Gasteiger partial charge in [0.2, 0.25) is 0 Å².